The average Bonchev–Trinajstić information content (AvgIpc) is 2.85. The SMILES string of the molecule is C[C@H](c1ccccc1Cl)[N+]1(N)CCC2=C(CCS2)C1. The summed E-state index contributed by atoms with van der Waals surface area (Å²) < 4.78 is 0.600. The Balaban J connectivity index is 1.87. The lowest BCUT2D eigenvalue weighted by Gasteiger charge is -2.41. The first-order valence-corrected chi connectivity index (χ1v) is 8.20. The van der Waals surface area contributed by atoms with Crippen LogP contribution in [0.1, 0.15) is 31.4 Å². The van der Waals surface area contributed by atoms with E-state index in [9.17, 15) is 0 Å². The number of hydrogen-bond donors (Lipinski definition) is 1. The number of halogens is 1. The Morgan fingerprint density at radius 3 is 2.89 bits per heavy atom. The molecule has 0 aliphatic carbocycles. The molecule has 2 heterocycles. The largest absolute Gasteiger partial charge is 0.238 e. The van der Waals surface area contributed by atoms with Gasteiger partial charge in [-0.05, 0) is 29.9 Å². The van der Waals surface area contributed by atoms with Crippen molar-refractivity contribution in [1.82, 2.24) is 0 Å². The average molecular weight is 296 g/mol. The van der Waals surface area contributed by atoms with E-state index in [0.29, 0.717) is 4.59 Å². The van der Waals surface area contributed by atoms with Crippen LogP contribution in [0.25, 0.3) is 0 Å². The third-order valence-electron chi connectivity index (χ3n) is 4.44. The fourth-order valence-electron chi connectivity index (χ4n) is 3.12. The maximum atomic E-state index is 6.69. The summed E-state index contributed by atoms with van der Waals surface area (Å²) in [6.45, 7) is 4.20. The quantitative estimate of drug-likeness (QED) is 0.662. The molecule has 1 aromatic carbocycles. The van der Waals surface area contributed by atoms with Gasteiger partial charge in [-0.15, -0.1) is 11.8 Å². The van der Waals surface area contributed by atoms with E-state index in [0.717, 1.165) is 24.5 Å². The lowest BCUT2D eigenvalue weighted by atomic mass is 10.00. The molecule has 2 aliphatic heterocycles. The summed E-state index contributed by atoms with van der Waals surface area (Å²) in [4.78, 5) is 1.60. The van der Waals surface area contributed by atoms with Crippen molar-refractivity contribution in [2.75, 3.05) is 18.8 Å². The summed E-state index contributed by atoms with van der Waals surface area (Å²) in [6, 6.07) is 8.33. The molecule has 1 aromatic rings. The van der Waals surface area contributed by atoms with Gasteiger partial charge in [0.05, 0.1) is 0 Å². The molecule has 19 heavy (non-hydrogen) atoms. The number of nitrogens with zero attached hydrogens (tertiary/aromatic N) is 1. The highest BCUT2D eigenvalue weighted by Crippen LogP contribution is 2.41. The highest BCUT2D eigenvalue weighted by Gasteiger charge is 2.39. The summed E-state index contributed by atoms with van der Waals surface area (Å²) in [7, 11) is 0. The molecular formula is C15H20ClN2S+. The molecule has 2 nitrogen and oxygen atoms in total. The standard InChI is InChI=1S/C15H20ClN2S/c1-11(13-4-2-3-5-14(13)16)18(17)8-6-15-12(10-18)7-9-19-15/h2-5,11H,6-10,17H2,1H3/q+1/t11-,18?/m1/s1. The molecule has 102 valence electrons. The predicted molar refractivity (Wildman–Crippen MR) is 82.8 cm³/mol. The van der Waals surface area contributed by atoms with E-state index in [1.165, 1.54) is 17.7 Å². The van der Waals surface area contributed by atoms with E-state index < -0.39 is 0 Å². The van der Waals surface area contributed by atoms with Crippen LogP contribution in [0.3, 0.4) is 0 Å². The molecule has 1 unspecified atom stereocenters. The second-order valence-electron chi connectivity index (χ2n) is 5.56. The van der Waals surface area contributed by atoms with Crippen LogP contribution in [0.15, 0.2) is 34.7 Å². The second kappa shape index (κ2) is 5.13. The highest BCUT2D eigenvalue weighted by atomic mass is 35.5. The summed E-state index contributed by atoms with van der Waals surface area (Å²) in [5, 5.41) is 0.832. The lowest BCUT2D eigenvalue weighted by Crippen LogP contribution is -2.58. The Labute approximate surface area is 124 Å². The van der Waals surface area contributed by atoms with Gasteiger partial charge in [-0.2, -0.15) is 5.84 Å². The topological polar surface area (TPSA) is 26.0 Å². The van der Waals surface area contributed by atoms with Crippen LogP contribution in [0.4, 0.5) is 0 Å². The zero-order valence-corrected chi connectivity index (χ0v) is 12.8. The first kappa shape index (κ1) is 13.5. The van der Waals surface area contributed by atoms with Gasteiger partial charge in [0.2, 0.25) is 0 Å². The molecule has 0 spiro atoms. The Kier molecular flexibility index (Phi) is 3.65. The minimum atomic E-state index is 0.244. The van der Waals surface area contributed by atoms with Crippen LogP contribution >= 0.6 is 23.4 Å². The third kappa shape index (κ3) is 2.45. The Hall–Kier alpha value is -0.480. The van der Waals surface area contributed by atoms with Crippen LogP contribution < -0.4 is 5.84 Å². The van der Waals surface area contributed by atoms with Gasteiger partial charge in [-0.25, -0.2) is 4.59 Å². The minimum absolute atomic E-state index is 0.244. The normalized spacial score (nSPS) is 28.4. The summed E-state index contributed by atoms with van der Waals surface area (Å²) in [5.74, 6) is 7.94. The van der Waals surface area contributed by atoms with E-state index in [2.05, 4.69) is 13.0 Å². The molecule has 0 radical (unpaired) electrons. The molecule has 0 amide bonds. The van der Waals surface area contributed by atoms with Crippen LogP contribution in [-0.4, -0.2) is 23.4 Å². The molecule has 2 aliphatic rings. The first-order valence-electron chi connectivity index (χ1n) is 6.83. The molecule has 0 aromatic heterocycles. The van der Waals surface area contributed by atoms with Crippen molar-refractivity contribution < 1.29 is 4.59 Å². The van der Waals surface area contributed by atoms with Crippen molar-refractivity contribution in [1.29, 1.82) is 0 Å². The van der Waals surface area contributed by atoms with Crippen molar-refractivity contribution in [2.24, 2.45) is 5.84 Å². The third-order valence-corrected chi connectivity index (χ3v) is 6.04. The van der Waals surface area contributed by atoms with Crippen molar-refractivity contribution >= 4 is 23.4 Å². The minimum Gasteiger partial charge on any atom is -0.238 e. The molecule has 0 saturated carbocycles. The van der Waals surface area contributed by atoms with Crippen molar-refractivity contribution in [3.63, 3.8) is 0 Å². The van der Waals surface area contributed by atoms with E-state index in [4.69, 9.17) is 17.4 Å². The Morgan fingerprint density at radius 2 is 2.11 bits per heavy atom. The molecule has 2 atom stereocenters. The summed E-state index contributed by atoms with van der Waals surface area (Å²) >= 11 is 8.36. The number of thioether (sulfide) groups is 1. The van der Waals surface area contributed by atoms with E-state index in [1.54, 1.807) is 10.5 Å². The van der Waals surface area contributed by atoms with Gasteiger partial charge in [0.25, 0.3) is 0 Å². The zero-order chi connectivity index (χ0) is 13.5. The predicted octanol–water partition coefficient (Wildman–Crippen LogP) is 3.89. The first-order chi connectivity index (χ1) is 9.10. The van der Waals surface area contributed by atoms with Gasteiger partial charge in [0.1, 0.15) is 19.1 Å². The van der Waals surface area contributed by atoms with Crippen LogP contribution in [0.2, 0.25) is 5.02 Å². The number of quaternary nitrogens is 1. The number of benzene rings is 1. The number of nitrogens with two attached hydrogens (primary N) is 1. The summed E-state index contributed by atoms with van der Waals surface area (Å²) in [5.41, 5.74) is 2.75. The number of rotatable bonds is 2. The Bertz CT molecular complexity index is 529. The maximum Gasteiger partial charge on any atom is 0.131 e. The molecular weight excluding hydrogens is 276 g/mol. The van der Waals surface area contributed by atoms with Gasteiger partial charge in [-0.1, -0.05) is 29.8 Å². The van der Waals surface area contributed by atoms with E-state index >= 15 is 0 Å². The smallest absolute Gasteiger partial charge is 0.131 e. The molecule has 0 bridgehead atoms. The van der Waals surface area contributed by atoms with Crippen molar-refractivity contribution in [3.05, 3.63) is 45.3 Å². The molecule has 0 saturated heterocycles. The molecule has 2 N–H and O–H groups in total. The molecule has 4 heteroatoms. The maximum absolute atomic E-state index is 6.69. The van der Waals surface area contributed by atoms with Crippen LogP contribution in [0.5, 0.6) is 0 Å². The van der Waals surface area contributed by atoms with Gasteiger partial charge in [-0.3, -0.25) is 0 Å². The fourth-order valence-corrected chi connectivity index (χ4v) is 4.62. The second-order valence-corrected chi connectivity index (χ2v) is 7.15. The molecule has 3 rings (SSSR count). The Morgan fingerprint density at radius 1 is 1.32 bits per heavy atom. The van der Waals surface area contributed by atoms with Gasteiger partial charge in [0, 0.05) is 22.8 Å². The van der Waals surface area contributed by atoms with Gasteiger partial charge < -0.3 is 0 Å². The summed E-state index contributed by atoms with van der Waals surface area (Å²) in [6.07, 6.45) is 2.34. The van der Waals surface area contributed by atoms with Crippen LogP contribution in [-0.2, 0) is 0 Å². The monoisotopic (exact) mass is 295 g/mol. The lowest BCUT2D eigenvalue weighted by molar-refractivity contribution is -0.964. The van der Waals surface area contributed by atoms with Gasteiger partial charge >= 0.3 is 0 Å². The fraction of sp³-hybridized carbons (Fsp3) is 0.467. The highest BCUT2D eigenvalue weighted by molar-refractivity contribution is 8.03. The molecule has 0 fully saturated rings. The van der Waals surface area contributed by atoms with E-state index in [-0.39, 0.29) is 6.04 Å². The van der Waals surface area contributed by atoms with Gasteiger partial charge in [0.15, 0.2) is 0 Å². The van der Waals surface area contributed by atoms with Crippen LogP contribution in [0, 0.1) is 0 Å². The number of hydrogen-bond acceptors (Lipinski definition) is 2. The van der Waals surface area contributed by atoms with E-state index in [1.807, 2.05) is 30.0 Å². The van der Waals surface area contributed by atoms with Crippen molar-refractivity contribution in [2.45, 2.75) is 25.8 Å². The van der Waals surface area contributed by atoms with Crippen molar-refractivity contribution in [3.8, 4) is 0 Å². The zero-order valence-electron chi connectivity index (χ0n) is 11.2.